The lowest BCUT2D eigenvalue weighted by Gasteiger charge is -2.21. The van der Waals surface area contributed by atoms with Crippen molar-refractivity contribution in [1.29, 1.82) is 0 Å². The van der Waals surface area contributed by atoms with Gasteiger partial charge in [-0.05, 0) is 65.7 Å². The largest absolute Gasteiger partial charge is 0.295 e. The van der Waals surface area contributed by atoms with Crippen LogP contribution >= 0.6 is 11.8 Å². The number of aromatic nitrogens is 4. The highest BCUT2D eigenvalue weighted by Gasteiger charge is 2.28. The minimum atomic E-state index is 0.878. The van der Waals surface area contributed by atoms with E-state index in [0.717, 1.165) is 50.4 Å². The topological polar surface area (TPSA) is 35.6 Å². The molecule has 0 spiro atoms. The normalized spacial score (nSPS) is 12.2. The molecule has 0 unspecified atom stereocenters. The second kappa shape index (κ2) is 11.0. The summed E-state index contributed by atoms with van der Waals surface area (Å²) in [6.07, 6.45) is 0. The van der Waals surface area contributed by atoms with Gasteiger partial charge in [0.15, 0.2) is 0 Å². The Labute approximate surface area is 298 Å². The van der Waals surface area contributed by atoms with Crippen molar-refractivity contribution in [2.24, 2.45) is 0 Å². The number of para-hydroxylation sites is 5. The van der Waals surface area contributed by atoms with Crippen molar-refractivity contribution in [1.82, 2.24) is 19.1 Å². The van der Waals surface area contributed by atoms with Crippen LogP contribution in [0.1, 0.15) is 0 Å². The molecule has 238 valence electrons. The zero-order valence-electron chi connectivity index (χ0n) is 27.4. The summed E-state index contributed by atoms with van der Waals surface area (Å²) in [7, 11) is 0. The van der Waals surface area contributed by atoms with Crippen LogP contribution in [-0.4, -0.2) is 19.1 Å². The first-order chi connectivity index (χ1) is 25.3. The fraction of sp³-hybridized carbons (Fsp3) is 0. The van der Waals surface area contributed by atoms with Crippen LogP contribution in [0.15, 0.2) is 180 Å². The second-order valence-corrected chi connectivity index (χ2v) is 14.1. The maximum atomic E-state index is 5.29. The van der Waals surface area contributed by atoms with E-state index in [9.17, 15) is 0 Å². The van der Waals surface area contributed by atoms with E-state index in [1.165, 1.54) is 48.3 Å². The van der Waals surface area contributed by atoms with Gasteiger partial charge in [-0.2, -0.15) is 0 Å². The molecule has 11 rings (SSSR count). The number of nitrogens with zero attached hydrogens (tertiary/aromatic N) is 4. The Hall–Kier alpha value is -6.43. The monoisotopic (exact) mass is 668 g/mol. The van der Waals surface area contributed by atoms with Gasteiger partial charge in [0.2, 0.25) is 0 Å². The molecule has 0 atom stereocenters. The predicted octanol–water partition coefficient (Wildman–Crippen LogP) is 12.1. The molecule has 0 amide bonds. The van der Waals surface area contributed by atoms with E-state index in [2.05, 4.69) is 149 Å². The van der Waals surface area contributed by atoms with Gasteiger partial charge >= 0.3 is 0 Å². The van der Waals surface area contributed by atoms with Crippen molar-refractivity contribution in [2.75, 3.05) is 0 Å². The molecule has 4 nitrogen and oxygen atoms in total. The molecule has 0 saturated carbocycles. The van der Waals surface area contributed by atoms with Crippen molar-refractivity contribution in [3.63, 3.8) is 0 Å². The molecular weight excluding hydrogens is 641 g/mol. The summed E-state index contributed by atoms with van der Waals surface area (Å²) in [6, 6.07) is 60.4. The van der Waals surface area contributed by atoms with Crippen molar-refractivity contribution < 1.29 is 0 Å². The van der Waals surface area contributed by atoms with Gasteiger partial charge in [-0.15, -0.1) is 0 Å². The number of rotatable bonds is 4. The maximum Gasteiger partial charge on any atom is 0.131 e. The highest BCUT2D eigenvalue weighted by molar-refractivity contribution is 7.99. The van der Waals surface area contributed by atoms with Gasteiger partial charge in [-0.3, -0.25) is 9.13 Å². The molecule has 0 fully saturated rings. The Kier molecular flexibility index (Phi) is 6.15. The van der Waals surface area contributed by atoms with Crippen molar-refractivity contribution in [2.45, 2.75) is 9.79 Å². The molecule has 1 aliphatic heterocycles. The third kappa shape index (κ3) is 4.22. The predicted molar refractivity (Wildman–Crippen MR) is 211 cm³/mol. The van der Waals surface area contributed by atoms with Gasteiger partial charge in [-0.1, -0.05) is 127 Å². The molecule has 0 bridgehead atoms. The maximum absolute atomic E-state index is 5.29. The van der Waals surface area contributed by atoms with Crippen LogP contribution < -0.4 is 0 Å². The quantitative estimate of drug-likeness (QED) is 0.187. The van der Waals surface area contributed by atoms with Crippen LogP contribution in [0.2, 0.25) is 0 Å². The zero-order valence-corrected chi connectivity index (χ0v) is 28.2. The van der Waals surface area contributed by atoms with Gasteiger partial charge in [0.1, 0.15) is 5.65 Å². The minimum Gasteiger partial charge on any atom is -0.295 e. The summed E-state index contributed by atoms with van der Waals surface area (Å²) in [5.41, 5.74) is 13.9. The molecule has 5 heteroatoms. The van der Waals surface area contributed by atoms with Gasteiger partial charge in [0, 0.05) is 42.8 Å². The Bertz CT molecular complexity index is 2990. The standard InChI is InChI=1S/C46H28N4S/c1-3-14-29(15-4-1)43-44(48-37-22-10-9-21-36(37)47-43)33-19-8-7-18-32(33)30-26-27-38-35(28-30)42-34-20-13-25-41-45(34)50(39-23-11-12-24-40(39)51-41)46(42)49(38)31-16-5-2-6-17-31/h1-28H. The fourth-order valence-corrected chi connectivity index (χ4v) is 9.00. The summed E-state index contributed by atoms with van der Waals surface area (Å²) in [4.78, 5) is 13.0. The zero-order chi connectivity index (χ0) is 33.5. The fourth-order valence-electron chi connectivity index (χ4n) is 7.91. The second-order valence-electron chi connectivity index (χ2n) is 13.0. The average Bonchev–Trinajstić information content (AvgIpc) is 3.72. The van der Waals surface area contributed by atoms with Crippen LogP contribution in [-0.2, 0) is 0 Å². The molecule has 1 aliphatic rings. The molecular formula is C46H28N4S. The van der Waals surface area contributed by atoms with E-state index < -0.39 is 0 Å². The van der Waals surface area contributed by atoms with Gasteiger partial charge < -0.3 is 0 Å². The summed E-state index contributed by atoms with van der Waals surface area (Å²) in [5, 5.41) is 3.75. The molecule has 4 heterocycles. The van der Waals surface area contributed by atoms with Crippen LogP contribution in [0.25, 0.3) is 88.9 Å². The van der Waals surface area contributed by atoms with E-state index in [-0.39, 0.29) is 0 Å². The van der Waals surface area contributed by atoms with E-state index in [0.29, 0.717) is 0 Å². The van der Waals surface area contributed by atoms with E-state index in [1.54, 1.807) is 0 Å². The molecule has 0 aliphatic carbocycles. The highest BCUT2D eigenvalue weighted by Crippen LogP contribution is 2.50. The molecule has 7 aromatic carbocycles. The SMILES string of the molecule is c1ccc(-c2nc3ccccc3nc2-c2ccccc2-c2ccc3c(c2)c2c4cccc5c4n(c2n3-c2ccccc2)-c2ccccc2S5)cc1. The third-order valence-corrected chi connectivity index (χ3v) is 11.2. The molecule has 0 N–H and O–H groups in total. The molecule has 0 saturated heterocycles. The number of hydrogen-bond donors (Lipinski definition) is 0. The highest BCUT2D eigenvalue weighted by atomic mass is 32.2. The van der Waals surface area contributed by atoms with Crippen molar-refractivity contribution >= 4 is 55.6 Å². The number of hydrogen-bond acceptors (Lipinski definition) is 3. The summed E-state index contributed by atoms with van der Waals surface area (Å²) in [6.45, 7) is 0. The summed E-state index contributed by atoms with van der Waals surface area (Å²) >= 11 is 1.86. The molecule has 3 aromatic heterocycles. The molecule has 51 heavy (non-hydrogen) atoms. The number of fused-ring (bicyclic) bond motifs is 8. The Morgan fingerprint density at radius 3 is 1.94 bits per heavy atom. The lowest BCUT2D eigenvalue weighted by Crippen LogP contribution is -2.05. The van der Waals surface area contributed by atoms with Crippen LogP contribution in [0.3, 0.4) is 0 Å². The van der Waals surface area contributed by atoms with E-state index in [4.69, 9.17) is 9.97 Å². The Balaban J connectivity index is 1.22. The lowest BCUT2D eigenvalue weighted by molar-refractivity contribution is 1.03. The molecule has 10 aromatic rings. The Morgan fingerprint density at radius 1 is 0.451 bits per heavy atom. The van der Waals surface area contributed by atoms with Crippen molar-refractivity contribution in [3.05, 3.63) is 170 Å². The first kappa shape index (κ1) is 28.4. The average molecular weight is 669 g/mol. The van der Waals surface area contributed by atoms with E-state index >= 15 is 0 Å². The molecule has 0 radical (unpaired) electrons. The third-order valence-electron chi connectivity index (χ3n) is 10.1. The van der Waals surface area contributed by atoms with E-state index in [1.807, 2.05) is 42.1 Å². The Morgan fingerprint density at radius 2 is 1.12 bits per heavy atom. The first-order valence-electron chi connectivity index (χ1n) is 17.2. The van der Waals surface area contributed by atoms with Gasteiger partial charge in [0.25, 0.3) is 0 Å². The van der Waals surface area contributed by atoms with Crippen LogP contribution in [0.5, 0.6) is 0 Å². The van der Waals surface area contributed by atoms with Crippen LogP contribution in [0.4, 0.5) is 0 Å². The summed E-state index contributed by atoms with van der Waals surface area (Å²) in [5.74, 6) is 0. The van der Waals surface area contributed by atoms with Gasteiger partial charge in [-0.25, -0.2) is 9.97 Å². The number of benzene rings is 7. The lowest BCUT2D eigenvalue weighted by atomic mass is 9.94. The first-order valence-corrected chi connectivity index (χ1v) is 18.0. The van der Waals surface area contributed by atoms with Crippen LogP contribution in [0, 0.1) is 0 Å². The van der Waals surface area contributed by atoms with Gasteiger partial charge in [0.05, 0.1) is 39.1 Å². The van der Waals surface area contributed by atoms with Crippen molar-refractivity contribution in [3.8, 4) is 45.0 Å². The smallest absolute Gasteiger partial charge is 0.131 e. The minimum absolute atomic E-state index is 0.878. The summed E-state index contributed by atoms with van der Waals surface area (Å²) < 4.78 is 4.93.